The minimum absolute atomic E-state index is 0.0548. The number of unbranched alkanes of at least 4 members (excludes halogenated alkanes) is 2. The van der Waals surface area contributed by atoms with Crippen LogP contribution in [-0.4, -0.2) is 45.3 Å². The van der Waals surface area contributed by atoms with Gasteiger partial charge in [-0.05, 0) is 52.2 Å². The minimum Gasteiger partial charge on any atom is -0.496 e. The molecule has 29 heavy (non-hydrogen) atoms. The zero-order chi connectivity index (χ0) is 21.0. The second-order valence-corrected chi connectivity index (χ2v) is 7.45. The number of carbonyl (C=O) groups excluding carboxylic acids is 1. The first-order chi connectivity index (χ1) is 13.9. The van der Waals surface area contributed by atoms with Crippen LogP contribution in [0.15, 0.2) is 12.1 Å². The predicted octanol–water partition coefficient (Wildman–Crippen LogP) is 3.83. The molecule has 0 fully saturated rings. The van der Waals surface area contributed by atoms with E-state index in [9.17, 15) is 4.79 Å². The normalized spacial score (nSPS) is 11.4. The number of methoxy groups -OCH3 is 1. The molecule has 0 aliphatic carbocycles. The van der Waals surface area contributed by atoms with Crippen LogP contribution in [0.1, 0.15) is 50.9 Å². The quantitative estimate of drug-likeness (QED) is 0.432. The van der Waals surface area contributed by atoms with Crippen LogP contribution in [0.25, 0.3) is 16.7 Å². The van der Waals surface area contributed by atoms with Crippen molar-refractivity contribution in [2.45, 2.75) is 59.5 Å². The van der Waals surface area contributed by atoms with Gasteiger partial charge in [-0.2, -0.15) is 0 Å². The van der Waals surface area contributed by atoms with Crippen molar-refractivity contribution < 1.29 is 14.3 Å². The van der Waals surface area contributed by atoms with Crippen molar-refractivity contribution in [2.75, 3.05) is 19.0 Å². The first kappa shape index (κ1) is 20.8. The van der Waals surface area contributed by atoms with Gasteiger partial charge in [-0.1, -0.05) is 6.42 Å². The third kappa shape index (κ3) is 4.75. The Morgan fingerprint density at radius 2 is 1.97 bits per heavy atom. The van der Waals surface area contributed by atoms with Crippen LogP contribution in [0.5, 0.6) is 5.75 Å². The summed E-state index contributed by atoms with van der Waals surface area (Å²) in [6, 6.07) is 3.99. The number of anilines is 1. The summed E-state index contributed by atoms with van der Waals surface area (Å²) in [5, 5.41) is 11.9. The molecule has 0 saturated carbocycles. The van der Waals surface area contributed by atoms with Crippen molar-refractivity contribution in [3.8, 4) is 5.75 Å². The molecule has 0 spiro atoms. The molecule has 0 radical (unpaired) electrons. The van der Waals surface area contributed by atoms with Gasteiger partial charge in [-0.3, -0.25) is 9.20 Å². The lowest BCUT2D eigenvalue weighted by atomic mass is 10.2. The monoisotopic (exact) mass is 399 g/mol. The Morgan fingerprint density at radius 1 is 1.17 bits per heavy atom. The number of benzene rings is 1. The van der Waals surface area contributed by atoms with Gasteiger partial charge in [-0.15, -0.1) is 10.2 Å². The third-order valence-corrected chi connectivity index (χ3v) is 4.72. The summed E-state index contributed by atoms with van der Waals surface area (Å²) in [5.74, 6) is 2.19. The molecular weight excluding hydrogens is 370 g/mol. The average molecular weight is 399 g/mol. The van der Waals surface area contributed by atoms with Crippen molar-refractivity contribution in [3.05, 3.63) is 23.5 Å². The van der Waals surface area contributed by atoms with E-state index in [1.165, 1.54) is 0 Å². The fraction of sp³-hybridized carbons (Fsp3) is 0.524. The van der Waals surface area contributed by atoms with Gasteiger partial charge in [0, 0.05) is 19.0 Å². The molecule has 3 aromatic rings. The van der Waals surface area contributed by atoms with E-state index in [0.29, 0.717) is 17.9 Å². The van der Waals surface area contributed by atoms with Crippen LogP contribution in [0, 0.1) is 13.8 Å². The van der Waals surface area contributed by atoms with Gasteiger partial charge >= 0.3 is 5.97 Å². The SMILES string of the molecule is COc1cc2c(cc1C)nc(NCCCCCC(=O)OC(C)C)c1nnc(C)n12. The van der Waals surface area contributed by atoms with Crippen LogP contribution in [0.4, 0.5) is 5.82 Å². The fourth-order valence-corrected chi connectivity index (χ4v) is 3.34. The molecule has 0 saturated heterocycles. The van der Waals surface area contributed by atoms with Gasteiger partial charge in [0.2, 0.25) is 5.65 Å². The summed E-state index contributed by atoms with van der Waals surface area (Å²) in [6.45, 7) is 8.40. The number of hydrogen-bond acceptors (Lipinski definition) is 7. The molecule has 1 aromatic carbocycles. The molecule has 0 bridgehead atoms. The molecule has 1 N–H and O–H groups in total. The number of nitrogens with one attached hydrogen (secondary N) is 1. The van der Waals surface area contributed by atoms with Gasteiger partial charge in [-0.25, -0.2) is 4.98 Å². The van der Waals surface area contributed by atoms with E-state index in [2.05, 4.69) is 15.5 Å². The molecule has 2 aromatic heterocycles. The summed E-state index contributed by atoms with van der Waals surface area (Å²) >= 11 is 0. The predicted molar refractivity (Wildman–Crippen MR) is 112 cm³/mol. The molecule has 8 nitrogen and oxygen atoms in total. The Kier molecular flexibility index (Phi) is 6.51. The highest BCUT2D eigenvalue weighted by molar-refractivity contribution is 5.85. The first-order valence-electron chi connectivity index (χ1n) is 10.0. The molecule has 0 unspecified atom stereocenters. The number of rotatable bonds is 9. The highest BCUT2D eigenvalue weighted by Crippen LogP contribution is 2.28. The topological polar surface area (TPSA) is 90.6 Å². The maximum absolute atomic E-state index is 11.6. The Labute approximate surface area is 170 Å². The van der Waals surface area contributed by atoms with Gasteiger partial charge in [0.05, 0.1) is 24.2 Å². The summed E-state index contributed by atoms with van der Waals surface area (Å²) in [5.41, 5.74) is 3.50. The average Bonchev–Trinajstić information content (AvgIpc) is 3.05. The second kappa shape index (κ2) is 9.07. The van der Waals surface area contributed by atoms with E-state index in [1.54, 1.807) is 7.11 Å². The maximum atomic E-state index is 11.6. The smallest absolute Gasteiger partial charge is 0.306 e. The summed E-state index contributed by atoms with van der Waals surface area (Å²) < 4.78 is 12.6. The summed E-state index contributed by atoms with van der Waals surface area (Å²) in [4.78, 5) is 16.3. The molecule has 2 heterocycles. The number of ether oxygens (including phenoxy) is 2. The van der Waals surface area contributed by atoms with Crippen molar-refractivity contribution in [2.24, 2.45) is 0 Å². The number of esters is 1. The summed E-state index contributed by atoms with van der Waals surface area (Å²) in [7, 11) is 1.66. The van der Waals surface area contributed by atoms with Crippen molar-refractivity contribution in [3.63, 3.8) is 0 Å². The van der Waals surface area contributed by atoms with Gasteiger partial charge < -0.3 is 14.8 Å². The van der Waals surface area contributed by atoms with Crippen molar-refractivity contribution >= 4 is 28.5 Å². The fourth-order valence-electron chi connectivity index (χ4n) is 3.34. The number of aryl methyl sites for hydroxylation is 2. The van der Waals surface area contributed by atoms with Crippen molar-refractivity contribution in [1.82, 2.24) is 19.6 Å². The molecule has 0 aliphatic rings. The van der Waals surface area contributed by atoms with Gasteiger partial charge in [0.1, 0.15) is 11.6 Å². The third-order valence-electron chi connectivity index (χ3n) is 4.72. The van der Waals surface area contributed by atoms with E-state index in [0.717, 1.165) is 54.0 Å². The van der Waals surface area contributed by atoms with E-state index >= 15 is 0 Å². The number of hydrogen-bond donors (Lipinski definition) is 1. The second-order valence-electron chi connectivity index (χ2n) is 7.45. The molecule has 8 heteroatoms. The van der Waals surface area contributed by atoms with Crippen LogP contribution in [0.2, 0.25) is 0 Å². The Balaban J connectivity index is 1.69. The molecule has 0 amide bonds. The van der Waals surface area contributed by atoms with E-state index in [4.69, 9.17) is 14.5 Å². The van der Waals surface area contributed by atoms with E-state index in [-0.39, 0.29) is 12.1 Å². The van der Waals surface area contributed by atoms with Crippen LogP contribution < -0.4 is 10.1 Å². The van der Waals surface area contributed by atoms with Gasteiger partial charge in [0.25, 0.3) is 0 Å². The highest BCUT2D eigenvalue weighted by atomic mass is 16.5. The standard InChI is InChI=1S/C21H29N5O3/c1-13(2)29-19(27)9-7-6-8-10-22-20-21-25-24-15(4)26(21)17-12-18(28-5)14(3)11-16(17)23-20/h11-13H,6-10H2,1-5H3,(H,22,23). The van der Waals surface area contributed by atoms with Crippen LogP contribution >= 0.6 is 0 Å². The molecule has 0 aliphatic heterocycles. The first-order valence-corrected chi connectivity index (χ1v) is 10.0. The number of fused-ring (bicyclic) bond motifs is 3. The highest BCUT2D eigenvalue weighted by Gasteiger charge is 2.15. The number of nitrogens with zero attached hydrogens (tertiary/aromatic N) is 4. The zero-order valence-electron chi connectivity index (χ0n) is 17.8. The maximum Gasteiger partial charge on any atom is 0.306 e. The number of aromatic nitrogens is 4. The lowest BCUT2D eigenvalue weighted by Crippen LogP contribution is -2.11. The zero-order valence-corrected chi connectivity index (χ0v) is 17.8. The Morgan fingerprint density at radius 3 is 2.69 bits per heavy atom. The van der Waals surface area contributed by atoms with E-state index in [1.807, 2.05) is 44.2 Å². The number of carbonyl (C=O) groups is 1. The van der Waals surface area contributed by atoms with Crippen LogP contribution in [-0.2, 0) is 9.53 Å². The molecule has 3 rings (SSSR count). The summed E-state index contributed by atoms with van der Waals surface area (Å²) in [6.07, 6.45) is 3.08. The Bertz CT molecular complexity index is 1010. The Hall–Kier alpha value is -2.90. The van der Waals surface area contributed by atoms with E-state index < -0.39 is 0 Å². The molecule has 0 atom stereocenters. The van der Waals surface area contributed by atoms with Crippen molar-refractivity contribution in [1.29, 1.82) is 0 Å². The molecular formula is C21H29N5O3. The lowest BCUT2D eigenvalue weighted by Gasteiger charge is -2.12. The molecule has 156 valence electrons. The minimum atomic E-state index is -0.129. The van der Waals surface area contributed by atoms with Crippen LogP contribution in [0.3, 0.4) is 0 Å². The lowest BCUT2D eigenvalue weighted by molar-refractivity contribution is -0.147. The largest absolute Gasteiger partial charge is 0.496 e. The van der Waals surface area contributed by atoms with Gasteiger partial charge in [0.15, 0.2) is 5.82 Å².